The lowest BCUT2D eigenvalue weighted by molar-refractivity contribution is -0.129. The first-order chi connectivity index (χ1) is 15.1. The zero-order valence-electron chi connectivity index (χ0n) is 17.4. The average molecular weight is 451 g/mol. The summed E-state index contributed by atoms with van der Waals surface area (Å²) < 4.78 is 6.25. The van der Waals surface area contributed by atoms with Crippen molar-refractivity contribution >= 4 is 44.5 Å². The molecule has 1 aromatic carbocycles. The molecule has 1 amide bonds. The fourth-order valence-corrected chi connectivity index (χ4v) is 5.61. The van der Waals surface area contributed by atoms with Crippen LogP contribution in [0.1, 0.15) is 12.7 Å². The van der Waals surface area contributed by atoms with Crippen molar-refractivity contribution in [3.63, 3.8) is 0 Å². The summed E-state index contributed by atoms with van der Waals surface area (Å²) in [5.74, 6) is 2.18. The number of fused-ring (bicyclic) bond motifs is 1. The molecule has 1 aliphatic rings. The van der Waals surface area contributed by atoms with Crippen molar-refractivity contribution in [1.29, 1.82) is 0 Å². The Bertz CT molecular complexity index is 1210. The molecule has 5 rings (SSSR count). The van der Waals surface area contributed by atoms with Crippen LogP contribution in [0, 0.1) is 6.92 Å². The predicted octanol–water partition coefficient (Wildman–Crippen LogP) is 5.19. The predicted molar refractivity (Wildman–Crippen MR) is 126 cm³/mol. The molecule has 0 spiro atoms. The van der Waals surface area contributed by atoms with Gasteiger partial charge in [-0.3, -0.25) is 4.79 Å². The van der Waals surface area contributed by atoms with Crippen molar-refractivity contribution in [2.45, 2.75) is 13.8 Å². The van der Waals surface area contributed by atoms with E-state index in [-0.39, 0.29) is 5.91 Å². The van der Waals surface area contributed by atoms with Crippen LogP contribution in [0.5, 0.6) is 11.6 Å². The quantitative estimate of drug-likeness (QED) is 0.428. The monoisotopic (exact) mass is 450 g/mol. The number of nitrogens with zero attached hydrogens (tertiary/aromatic N) is 4. The maximum Gasteiger partial charge on any atom is 0.231 e. The first-order valence-electron chi connectivity index (χ1n) is 10.2. The summed E-state index contributed by atoms with van der Waals surface area (Å²) in [6.07, 6.45) is 0. The van der Waals surface area contributed by atoms with Crippen molar-refractivity contribution in [1.82, 2.24) is 14.9 Å². The molecule has 0 radical (unpaired) electrons. The number of carbonyl (C=O) groups excluding carboxylic acids is 1. The molecule has 3 aromatic heterocycles. The molecule has 1 aliphatic heterocycles. The number of benzene rings is 1. The number of piperazine rings is 1. The standard InChI is InChI=1S/C23H22N4O2S2/c1-15-24-22(21-19(14-31-23(21)25-15)20-4-3-13-30-20)29-18-7-5-17(6-8-18)27-11-9-26(10-12-27)16(2)28/h3-8,13-14H,9-12H2,1-2H3. The van der Waals surface area contributed by atoms with Gasteiger partial charge in [0.05, 0.1) is 5.39 Å². The zero-order valence-corrected chi connectivity index (χ0v) is 19.0. The molecule has 0 bridgehead atoms. The van der Waals surface area contributed by atoms with Crippen LogP contribution < -0.4 is 9.64 Å². The van der Waals surface area contributed by atoms with Gasteiger partial charge in [-0.15, -0.1) is 22.7 Å². The Kier molecular flexibility index (Phi) is 5.33. The summed E-state index contributed by atoms with van der Waals surface area (Å²) >= 11 is 3.32. The minimum Gasteiger partial charge on any atom is -0.438 e. The maximum atomic E-state index is 11.5. The van der Waals surface area contributed by atoms with E-state index in [1.165, 1.54) is 4.88 Å². The highest BCUT2D eigenvalue weighted by molar-refractivity contribution is 7.18. The van der Waals surface area contributed by atoms with Crippen LogP contribution in [-0.2, 0) is 4.79 Å². The molecule has 0 saturated carbocycles. The Morgan fingerprint density at radius 2 is 1.81 bits per heavy atom. The van der Waals surface area contributed by atoms with Crippen molar-refractivity contribution in [3.05, 3.63) is 53.0 Å². The highest BCUT2D eigenvalue weighted by atomic mass is 32.1. The van der Waals surface area contributed by atoms with Gasteiger partial charge in [0, 0.05) is 54.6 Å². The Morgan fingerprint density at radius 3 is 2.48 bits per heavy atom. The van der Waals surface area contributed by atoms with E-state index in [4.69, 9.17) is 4.74 Å². The number of aromatic nitrogens is 2. The van der Waals surface area contributed by atoms with E-state index in [0.717, 1.165) is 53.4 Å². The number of aryl methyl sites for hydroxylation is 1. The van der Waals surface area contributed by atoms with Gasteiger partial charge in [-0.2, -0.15) is 4.98 Å². The first kappa shape index (κ1) is 20.0. The zero-order chi connectivity index (χ0) is 21.4. The van der Waals surface area contributed by atoms with Gasteiger partial charge < -0.3 is 14.5 Å². The van der Waals surface area contributed by atoms with Gasteiger partial charge in [-0.1, -0.05) is 6.07 Å². The third kappa shape index (κ3) is 4.00. The van der Waals surface area contributed by atoms with E-state index in [1.807, 2.05) is 30.0 Å². The van der Waals surface area contributed by atoms with Gasteiger partial charge in [-0.05, 0) is 42.6 Å². The summed E-state index contributed by atoms with van der Waals surface area (Å²) in [5.41, 5.74) is 2.25. The molecule has 4 heterocycles. The van der Waals surface area contributed by atoms with Gasteiger partial charge >= 0.3 is 0 Å². The molecule has 31 heavy (non-hydrogen) atoms. The van der Waals surface area contributed by atoms with Crippen LogP contribution in [0.15, 0.2) is 47.2 Å². The highest BCUT2D eigenvalue weighted by Crippen LogP contribution is 2.41. The van der Waals surface area contributed by atoms with Gasteiger partial charge in [0.25, 0.3) is 0 Å². The lowest BCUT2D eigenvalue weighted by Crippen LogP contribution is -2.48. The summed E-state index contributed by atoms with van der Waals surface area (Å²) in [4.78, 5) is 27.1. The van der Waals surface area contributed by atoms with Crippen LogP contribution in [0.25, 0.3) is 20.7 Å². The Balaban J connectivity index is 1.39. The highest BCUT2D eigenvalue weighted by Gasteiger charge is 2.20. The molecule has 0 unspecified atom stereocenters. The Hall–Kier alpha value is -2.97. The summed E-state index contributed by atoms with van der Waals surface area (Å²) in [6, 6.07) is 12.3. The second-order valence-corrected chi connectivity index (χ2v) is 9.28. The number of carbonyl (C=O) groups is 1. The third-order valence-electron chi connectivity index (χ3n) is 5.44. The topological polar surface area (TPSA) is 58.6 Å². The summed E-state index contributed by atoms with van der Waals surface area (Å²) in [5, 5.41) is 5.16. The number of hydrogen-bond acceptors (Lipinski definition) is 7. The van der Waals surface area contributed by atoms with Crippen LogP contribution in [0.4, 0.5) is 5.69 Å². The normalized spacial score (nSPS) is 14.3. The second kappa shape index (κ2) is 8.28. The third-order valence-corrected chi connectivity index (χ3v) is 7.22. The van der Waals surface area contributed by atoms with Crippen LogP contribution in [-0.4, -0.2) is 47.0 Å². The van der Waals surface area contributed by atoms with Gasteiger partial charge in [0.15, 0.2) is 0 Å². The number of amides is 1. The summed E-state index contributed by atoms with van der Waals surface area (Å²) in [7, 11) is 0. The van der Waals surface area contributed by atoms with E-state index < -0.39 is 0 Å². The first-order valence-corrected chi connectivity index (χ1v) is 11.9. The fourth-order valence-electron chi connectivity index (χ4n) is 3.81. The molecule has 8 heteroatoms. The molecule has 6 nitrogen and oxygen atoms in total. The lowest BCUT2D eigenvalue weighted by atomic mass is 10.2. The SMILES string of the molecule is CC(=O)N1CCN(c2ccc(Oc3nc(C)nc4scc(-c5cccs5)c34)cc2)CC1. The minimum atomic E-state index is 0.144. The smallest absolute Gasteiger partial charge is 0.231 e. The van der Waals surface area contributed by atoms with Crippen LogP contribution >= 0.6 is 22.7 Å². The second-order valence-electron chi connectivity index (χ2n) is 7.47. The van der Waals surface area contributed by atoms with Gasteiger partial charge in [-0.25, -0.2) is 4.98 Å². The Morgan fingerprint density at radius 1 is 1.03 bits per heavy atom. The number of thiophene rings is 2. The number of anilines is 1. The van der Waals surface area contributed by atoms with E-state index in [1.54, 1.807) is 29.6 Å². The molecular formula is C23H22N4O2S2. The van der Waals surface area contributed by atoms with Crippen LogP contribution in [0.2, 0.25) is 0 Å². The van der Waals surface area contributed by atoms with E-state index in [9.17, 15) is 4.79 Å². The van der Waals surface area contributed by atoms with Gasteiger partial charge in [0.1, 0.15) is 16.4 Å². The number of hydrogen-bond donors (Lipinski definition) is 0. The van der Waals surface area contributed by atoms with Gasteiger partial charge in [0.2, 0.25) is 11.8 Å². The van der Waals surface area contributed by atoms with E-state index in [0.29, 0.717) is 11.7 Å². The molecule has 4 aromatic rings. The maximum absolute atomic E-state index is 11.5. The molecule has 158 valence electrons. The lowest BCUT2D eigenvalue weighted by Gasteiger charge is -2.35. The Labute approximate surface area is 188 Å². The molecule has 0 aliphatic carbocycles. The average Bonchev–Trinajstić information content (AvgIpc) is 3.44. The summed E-state index contributed by atoms with van der Waals surface area (Å²) in [6.45, 7) is 6.71. The number of rotatable bonds is 4. The molecule has 1 fully saturated rings. The van der Waals surface area contributed by atoms with E-state index >= 15 is 0 Å². The fraction of sp³-hybridized carbons (Fsp3) is 0.261. The van der Waals surface area contributed by atoms with Crippen molar-refractivity contribution in [2.24, 2.45) is 0 Å². The van der Waals surface area contributed by atoms with Crippen molar-refractivity contribution < 1.29 is 9.53 Å². The van der Waals surface area contributed by atoms with E-state index in [2.05, 4.69) is 43.8 Å². The van der Waals surface area contributed by atoms with Crippen molar-refractivity contribution in [3.8, 4) is 22.1 Å². The number of ether oxygens (including phenoxy) is 1. The molecular weight excluding hydrogens is 428 g/mol. The van der Waals surface area contributed by atoms with Crippen molar-refractivity contribution in [2.75, 3.05) is 31.1 Å². The minimum absolute atomic E-state index is 0.144. The largest absolute Gasteiger partial charge is 0.438 e. The molecule has 0 atom stereocenters. The molecule has 1 saturated heterocycles. The molecule has 0 N–H and O–H groups in total. The van der Waals surface area contributed by atoms with Crippen LogP contribution in [0.3, 0.4) is 0 Å².